The van der Waals surface area contributed by atoms with Gasteiger partial charge < -0.3 is 0 Å². The Hall–Kier alpha value is -0.590. The summed E-state index contributed by atoms with van der Waals surface area (Å²) >= 11 is 0. The van der Waals surface area contributed by atoms with E-state index in [1.807, 2.05) is 0 Å². The summed E-state index contributed by atoms with van der Waals surface area (Å²) in [4.78, 5) is 12.9. The normalized spacial score (nSPS) is 55.6. The fourth-order valence-corrected chi connectivity index (χ4v) is 11.3. The summed E-state index contributed by atoms with van der Waals surface area (Å²) in [5, 5.41) is 0. The van der Waals surface area contributed by atoms with E-state index in [2.05, 4.69) is 55.0 Å². The molecule has 0 unspecified atom stereocenters. The predicted octanol–water partition coefficient (Wildman–Crippen LogP) is 8.23. The zero-order valence-electron chi connectivity index (χ0n) is 21.6. The van der Waals surface area contributed by atoms with Gasteiger partial charge in [0.05, 0.1) is 0 Å². The second-order valence-electron chi connectivity index (χ2n) is 14.5. The molecule has 5 fully saturated rings. The third-order valence-electron chi connectivity index (χ3n) is 13.2. The number of carbonyl (C=O) groups excluding carboxylic acids is 1. The molecule has 0 radical (unpaired) electrons. The van der Waals surface area contributed by atoms with Crippen LogP contribution in [-0.4, -0.2) is 5.78 Å². The van der Waals surface area contributed by atoms with Gasteiger partial charge in [-0.15, -0.1) is 0 Å². The Bertz CT molecular complexity index is 807. The average Bonchev–Trinajstić information content (AvgIpc) is 3.04. The SMILES string of the molecule is C=C(C)[C@@H]1CC[C@@]2(C)CC[C@@]3(C)[C@@H](CC[C@H]4[C@]5(C)CCC(=O)C(C)(C)[C@H]5CC[C@@]43C)[C@@H]12. The second kappa shape index (κ2) is 6.50. The summed E-state index contributed by atoms with van der Waals surface area (Å²) in [6, 6.07) is 0. The van der Waals surface area contributed by atoms with Crippen LogP contribution in [-0.2, 0) is 4.79 Å². The molecule has 0 heterocycles. The minimum atomic E-state index is -0.131. The summed E-state index contributed by atoms with van der Waals surface area (Å²) in [6.07, 6.45) is 13.0. The van der Waals surface area contributed by atoms with Crippen molar-refractivity contribution in [3.63, 3.8) is 0 Å². The van der Waals surface area contributed by atoms with E-state index < -0.39 is 0 Å². The summed E-state index contributed by atoms with van der Waals surface area (Å²) in [7, 11) is 0. The number of ketones is 1. The Morgan fingerprint density at radius 2 is 1.52 bits per heavy atom. The Morgan fingerprint density at radius 3 is 2.19 bits per heavy atom. The number of hydrogen-bond acceptors (Lipinski definition) is 1. The maximum atomic E-state index is 12.9. The van der Waals surface area contributed by atoms with Crippen molar-refractivity contribution < 1.29 is 4.79 Å². The van der Waals surface area contributed by atoms with Crippen molar-refractivity contribution in [2.45, 2.75) is 113 Å². The minimum absolute atomic E-state index is 0.131. The molecule has 5 saturated carbocycles. The van der Waals surface area contributed by atoms with E-state index >= 15 is 0 Å². The Kier molecular flexibility index (Phi) is 4.66. The summed E-state index contributed by atoms with van der Waals surface area (Å²) in [5.41, 5.74) is 3.06. The first-order valence-electron chi connectivity index (χ1n) is 13.5. The first kappa shape index (κ1) is 22.2. The molecule has 0 aliphatic heterocycles. The molecular formula is C30H48O. The first-order valence-corrected chi connectivity index (χ1v) is 13.5. The topological polar surface area (TPSA) is 17.1 Å². The molecule has 0 N–H and O–H groups in total. The van der Waals surface area contributed by atoms with E-state index in [9.17, 15) is 4.79 Å². The highest BCUT2D eigenvalue weighted by atomic mass is 16.1. The molecule has 0 amide bonds. The highest BCUT2D eigenvalue weighted by Crippen LogP contribution is 2.77. The van der Waals surface area contributed by atoms with Crippen LogP contribution in [0.2, 0.25) is 0 Å². The molecule has 0 aromatic heterocycles. The van der Waals surface area contributed by atoms with Crippen molar-refractivity contribution >= 4 is 5.78 Å². The van der Waals surface area contributed by atoms with E-state index in [4.69, 9.17) is 0 Å². The van der Waals surface area contributed by atoms with E-state index in [1.165, 1.54) is 56.9 Å². The molecule has 0 bridgehead atoms. The van der Waals surface area contributed by atoms with Crippen LogP contribution in [0.15, 0.2) is 12.2 Å². The molecule has 0 spiro atoms. The van der Waals surface area contributed by atoms with Gasteiger partial charge in [-0.25, -0.2) is 0 Å². The van der Waals surface area contributed by atoms with Crippen LogP contribution in [0.1, 0.15) is 113 Å². The lowest BCUT2D eigenvalue weighted by Gasteiger charge is -2.72. The molecule has 5 aliphatic carbocycles. The van der Waals surface area contributed by atoms with Gasteiger partial charge in [0.25, 0.3) is 0 Å². The molecule has 0 aromatic rings. The number of Topliss-reactive ketones (excluding diaryl/α,β-unsaturated/α-hetero) is 1. The maximum Gasteiger partial charge on any atom is 0.138 e. The first-order chi connectivity index (χ1) is 14.3. The van der Waals surface area contributed by atoms with Crippen molar-refractivity contribution in [2.24, 2.45) is 56.7 Å². The number of rotatable bonds is 1. The zero-order chi connectivity index (χ0) is 22.6. The Labute approximate surface area is 192 Å². The number of carbonyl (C=O) groups is 1. The van der Waals surface area contributed by atoms with Crippen LogP contribution >= 0.6 is 0 Å². The van der Waals surface area contributed by atoms with E-state index in [1.54, 1.807) is 0 Å². The zero-order valence-corrected chi connectivity index (χ0v) is 21.6. The lowest BCUT2D eigenvalue weighted by Crippen LogP contribution is -2.66. The average molecular weight is 425 g/mol. The maximum absolute atomic E-state index is 12.9. The quantitative estimate of drug-likeness (QED) is 0.387. The van der Waals surface area contributed by atoms with Gasteiger partial charge in [0.15, 0.2) is 0 Å². The predicted molar refractivity (Wildman–Crippen MR) is 130 cm³/mol. The van der Waals surface area contributed by atoms with Crippen molar-refractivity contribution in [3.05, 3.63) is 12.2 Å². The summed E-state index contributed by atoms with van der Waals surface area (Å²) in [6.45, 7) is 22.0. The van der Waals surface area contributed by atoms with Crippen LogP contribution in [0.25, 0.3) is 0 Å². The van der Waals surface area contributed by atoms with Crippen LogP contribution in [0.3, 0.4) is 0 Å². The molecule has 1 heteroatoms. The second-order valence-corrected chi connectivity index (χ2v) is 14.5. The highest BCUT2D eigenvalue weighted by molar-refractivity contribution is 5.85. The van der Waals surface area contributed by atoms with Gasteiger partial charge in [-0.05, 0) is 116 Å². The van der Waals surface area contributed by atoms with Gasteiger partial charge in [0.2, 0.25) is 0 Å². The monoisotopic (exact) mass is 424 g/mol. The number of hydrogen-bond donors (Lipinski definition) is 0. The number of allylic oxidation sites excluding steroid dienone is 1. The lowest BCUT2D eigenvalue weighted by atomic mass is 9.32. The third kappa shape index (κ3) is 2.59. The van der Waals surface area contributed by atoms with Crippen LogP contribution in [0.4, 0.5) is 0 Å². The van der Waals surface area contributed by atoms with Crippen molar-refractivity contribution in [2.75, 3.05) is 0 Å². The van der Waals surface area contributed by atoms with E-state index in [0.29, 0.717) is 33.4 Å². The largest absolute Gasteiger partial charge is 0.299 e. The third-order valence-corrected chi connectivity index (χ3v) is 13.2. The molecule has 5 aliphatic rings. The molecule has 174 valence electrons. The van der Waals surface area contributed by atoms with Gasteiger partial charge in [-0.3, -0.25) is 4.79 Å². The fraction of sp³-hybridized carbons (Fsp3) is 0.900. The molecule has 31 heavy (non-hydrogen) atoms. The van der Waals surface area contributed by atoms with Crippen molar-refractivity contribution in [1.82, 2.24) is 0 Å². The van der Waals surface area contributed by atoms with Gasteiger partial charge in [-0.2, -0.15) is 0 Å². The van der Waals surface area contributed by atoms with Crippen LogP contribution in [0.5, 0.6) is 0 Å². The van der Waals surface area contributed by atoms with Gasteiger partial charge >= 0.3 is 0 Å². The lowest BCUT2D eigenvalue weighted by molar-refractivity contribution is -0.232. The molecule has 5 rings (SSSR count). The highest BCUT2D eigenvalue weighted by Gasteiger charge is 2.70. The van der Waals surface area contributed by atoms with E-state index in [-0.39, 0.29) is 5.41 Å². The van der Waals surface area contributed by atoms with Gasteiger partial charge in [0, 0.05) is 11.8 Å². The molecule has 1 nitrogen and oxygen atoms in total. The van der Waals surface area contributed by atoms with E-state index in [0.717, 1.165) is 36.5 Å². The van der Waals surface area contributed by atoms with Gasteiger partial charge in [-0.1, -0.05) is 53.7 Å². The minimum Gasteiger partial charge on any atom is -0.299 e. The summed E-state index contributed by atoms with van der Waals surface area (Å²) < 4.78 is 0. The smallest absolute Gasteiger partial charge is 0.138 e. The number of fused-ring (bicyclic) bond motifs is 7. The summed E-state index contributed by atoms with van der Waals surface area (Å²) in [5.74, 6) is 4.33. The standard InChI is InChI=1S/C30H48O/c1-19(2)20-11-14-27(5)17-18-29(7)21(25(20)27)9-10-23-28(6)15-13-24(31)26(3,4)22(28)12-16-30(23,29)8/h20-23,25H,1,9-18H2,2-8H3/t20-,21-,22+,23-,25+,27-,28+,29-,30-/m0/s1. The molecule has 0 aromatic carbocycles. The van der Waals surface area contributed by atoms with Crippen molar-refractivity contribution in [3.8, 4) is 0 Å². The Morgan fingerprint density at radius 1 is 0.806 bits per heavy atom. The Balaban J connectivity index is 1.55. The van der Waals surface area contributed by atoms with Crippen LogP contribution < -0.4 is 0 Å². The molecule has 9 atom stereocenters. The van der Waals surface area contributed by atoms with Crippen molar-refractivity contribution in [1.29, 1.82) is 0 Å². The fourth-order valence-electron chi connectivity index (χ4n) is 11.3. The molecule has 0 saturated heterocycles. The van der Waals surface area contributed by atoms with Crippen LogP contribution in [0, 0.1) is 56.7 Å². The van der Waals surface area contributed by atoms with Gasteiger partial charge in [0.1, 0.15) is 5.78 Å². The molecular weight excluding hydrogens is 376 g/mol.